The molecule has 1 unspecified atom stereocenters. The number of aryl methyl sites for hydroxylation is 1. The monoisotopic (exact) mass is 444 g/mol. The van der Waals surface area contributed by atoms with Gasteiger partial charge in [-0.25, -0.2) is 0 Å². The van der Waals surface area contributed by atoms with E-state index in [-0.39, 0.29) is 19.4 Å². The second-order valence-electron chi connectivity index (χ2n) is 8.38. The number of benzene rings is 3. The zero-order valence-electron chi connectivity index (χ0n) is 18.6. The lowest BCUT2D eigenvalue weighted by Crippen LogP contribution is -2.30. The zero-order chi connectivity index (χ0) is 22.8. The van der Waals surface area contributed by atoms with Crippen LogP contribution in [0.25, 0.3) is 6.08 Å². The fourth-order valence-electron chi connectivity index (χ4n) is 4.46. The molecule has 0 aliphatic carbocycles. The molecule has 1 atom stereocenters. The molecule has 0 aromatic heterocycles. The van der Waals surface area contributed by atoms with Crippen molar-refractivity contribution in [2.24, 2.45) is 0 Å². The number of rotatable bonds is 6. The highest BCUT2D eigenvalue weighted by Gasteiger charge is 2.25. The van der Waals surface area contributed by atoms with Gasteiger partial charge in [-0.1, -0.05) is 42.5 Å². The van der Waals surface area contributed by atoms with Gasteiger partial charge in [0.25, 0.3) is 0 Å². The van der Waals surface area contributed by atoms with Crippen LogP contribution in [0.4, 0.5) is 5.69 Å². The fraction of sp³-hybridized carbons (Fsp3) is 0.259. The van der Waals surface area contributed by atoms with E-state index >= 15 is 0 Å². The average Bonchev–Trinajstić information content (AvgIpc) is 3.29. The summed E-state index contributed by atoms with van der Waals surface area (Å²) in [5.74, 6) is 2.19. The summed E-state index contributed by atoms with van der Waals surface area (Å²) < 4.78 is 17.1. The Hall–Kier alpha value is -3.48. The Labute approximate surface area is 193 Å². The Balaban J connectivity index is 1.43. The molecule has 5 rings (SSSR count). The normalized spacial score (nSPS) is 16.7. The number of fused-ring (bicyclic) bond motifs is 2. The van der Waals surface area contributed by atoms with Crippen LogP contribution in [-0.2, 0) is 19.6 Å². The van der Waals surface area contributed by atoms with Crippen molar-refractivity contribution in [1.82, 2.24) is 5.32 Å². The standard InChI is InChI=1S/C27H28N2O4/c1-17-11-24-25(33-16-32-24)12-19(17)7-8-22-26-20(9-10-29-22)13-23(21(14-30)27(26)28)31-15-18-5-3-2-4-6-18/h2-8,11-13,22,29-30H,9-10,14-16,28H2,1H3/b8-7+. The van der Waals surface area contributed by atoms with E-state index in [9.17, 15) is 5.11 Å². The second-order valence-corrected chi connectivity index (χ2v) is 8.38. The van der Waals surface area contributed by atoms with Crippen molar-refractivity contribution in [1.29, 1.82) is 0 Å². The van der Waals surface area contributed by atoms with Crippen molar-refractivity contribution in [3.8, 4) is 17.2 Å². The third-order valence-corrected chi connectivity index (χ3v) is 6.26. The molecule has 0 amide bonds. The molecule has 6 nitrogen and oxygen atoms in total. The molecule has 0 radical (unpaired) electrons. The number of nitrogen functional groups attached to an aromatic ring is 1. The lowest BCUT2D eigenvalue weighted by Gasteiger charge is -2.28. The van der Waals surface area contributed by atoms with Crippen molar-refractivity contribution < 1.29 is 19.3 Å². The number of anilines is 1. The van der Waals surface area contributed by atoms with Crippen LogP contribution in [0.15, 0.2) is 54.6 Å². The maximum Gasteiger partial charge on any atom is 0.231 e. The molecule has 170 valence electrons. The molecule has 33 heavy (non-hydrogen) atoms. The van der Waals surface area contributed by atoms with E-state index in [1.54, 1.807) is 0 Å². The van der Waals surface area contributed by atoms with Gasteiger partial charge in [0.1, 0.15) is 12.4 Å². The van der Waals surface area contributed by atoms with Crippen molar-refractivity contribution in [2.45, 2.75) is 32.6 Å². The summed E-state index contributed by atoms with van der Waals surface area (Å²) in [5.41, 5.74) is 13.2. The summed E-state index contributed by atoms with van der Waals surface area (Å²) in [5, 5.41) is 13.6. The SMILES string of the molecule is Cc1cc2c(cc1/C=C/C1NCCc3cc(OCc4ccccc4)c(CO)c(N)c31)OCO2. The number of hydrogen-bond donors (Lipinski definition) is 3. The lowest BCUT2D eigenvalue weighted by atomic mass is 9.89. The van der Waals surface area contributed by atoms with Crippen LogP contribution in [0.3, 0.4) is 0 Å². The van der Waals surface area contributed by atoms with Crippen LogP contribution < -0.4 is 25.3 Å². The van der Waals surface area contributed by atoms with Crippen LogP contribution in [-0.4, -0.2) is 18.4 Å². The first kappa shape index (κ1) is 21.4. The smallest absolute Gasteiger partial charge is 0.231 e. The van der Waals surface area contributed by atoms with Crippen LogP contribution >= 0.6 is 0 Å². The number of ether oxygens (including phenoxy) is 3. The van der Waals surface area contributed by atoms with Gasteiger partial charge in [-0.15, -0.1) is 0 Å². The third-order valence-electron chi connectivity index (χ3n) is 6.26. The van der Waals surface area contributed by atoms with Gasteiger partial charge < -0.3 is 30.4 Å². The first-order chi connectivity index (χ1) is 16.1. The number of aliphatic hydroxyl groups is 1. The molecule has 0 saturated carbocycles. The molecule has 3 aromatic carbocycles. The Morgan fingerprint density at radius 2 is 1.94 bits per heavy atom. The number of aliphatic hydroxyl groups excluding tert-OH is 1. The molecule has 0 saturated heterocycles. The van der Waals surface area contributed by atoms with Crippen LogP contribution in [0.1, 0.15) is 39.4 Å². The highest BCUT2D eigenvalue weighted by Crippen LogP contribution is 2.39. The van der Waals surface area contributed by atoms with Gasteiger partial charge >= 0.3 is 0 Å². The van der Waals surface area contributed by atoms with E-state index in [1.807, 2.05) is 48.5 Å². The highest BCUT2D eigenvalue weighted by molar-refractivity contribution is 5.67. The molecule has 2 heterocycles. The van der Waals surface area contributed by atoms with E-state index in [0.717, 1.165) is 52.3 Å². The molecular formula is C27H28N2O4. The number of nitrogens with one attached hydrogen (secondary N) is 1. The summed E-state index contributed by atoms with van der Waals surface area (Å²) in [6.07, 6.45) is 5.05. The first-order valence-corrected chi connectivity index (χ1v) is 11.2. The second kappa shape index (κ2) is 9.17. The van der Waals surface area contributed by atoms with E-state index in [4.69, 9.17) is 19.9 Å². The molecule has 0 bridgehead atoms. The van der Waals surface area contributed by atoms with E-state index in [2.05, 4.69) is 24.4 Å². The Morgan fingerprint density at radius 1 is 1.15 bits per heavy atom. The fourth-order valence-corrected chi connectivity index (χ4v) is 4.46. The molecule has 3 aromatic rings. The molecular weight excluding hydrogens is 416 g/mol. The minimum Gasteiger partial charge on any atom is -0.488 e. The Morgan fingerprint density at radius 3 is 2.73 bits per heavy atom. The zero-order valence-corrected chi connectivity index (χ0v) is 18.6. The summed E-state index contributed by atoms with van der Waals surface area (Å²) in [6, 6.07) is 16.0. The van der Waals surface area contributed by atoms with Crippen molar-refractivity contribution in [3.05, 3.63) is 88.0 Å². The quantitative estimate of drug-likeness (QED) is 0.492. The van der Waals surface area contributed by atoms with E-state index in [1.165, 1.54) is 0 Å². The van der Waals surface area contributed by atoms with Gasteiger partial charge in [0.15, 0.2) is 11.5 Å². The first-order valence-electron chi connectivity index (χ1n) is 11.2. The molecule has 4 N–H and O–H groups in total. The summed E-state index contributed by atoms with van der Waals surface area (Å²) in [6.45, 7) is 3.39. The summed E-state index contributed by atoms with van der Waals surface area (Å²) in [7, 11) is 0. The number of hydrogen-bond acceptors (Lipinski definition) is 6. The minimum atomic E-state index is -0.180. The van der Waals surface area contributed by atoms with Crippen LogP contribution in [0, 0.1) is 6.92 Å². The van der Waals surface area contributed by atoms with Gasteiger partial charge in [-0.3, -0.25) is 0 Å². The molecule has 2 aliphatic heterocycles. The average molecular weight is 445 g/mol. The van der Waals surface area contributed by atoms with Gasteiger partial charge in [0, 0.05) is 17.8 Å². The molecule has 2 aliphatic rings. The minimum absolute atomic E-state index is 0.0629. The highest BCUT2D eigenvalue weighted by atomic mass is 16.7. The maximum absolute atomic E-state index is 10.1. The summed E-state index contributed by atoms with van der Waals surface area (Å²) in [4.78, 5) is 0. The van der Waals surface area contributed by atoms with Crippen molar-refractivity contribution in [3.63, 3.8) is 0 Å². The van der Waals surface area contributed by atoms with Gasteiger partial charge in [0.2, 0.25) is 6.79 Å². The summed E-state index contributed by atoms with van der Waals surface area (Å²) >= 11 is 0. The predicted molar refractivity (Wildman–Crippen MR) is 128 cm³/mol. The third kappa shape index (κ3) is 4.27. The molecule has 6 heteroatoms. The van der Waals surface area contributed by atoms with Crippen molar-refractivity contribution >= 4 is 11.8 Å². The Kier molecular flexibility index (Phi) is 5.94. The van der Waals surface area contributed by atoms with Crippen LogP contribution in [0.2, 0.25) is 0 Å². The maximum atomic E-state index is 10.1. The van der Waals surface area contributed by atoms with E-state index < -0.39 is 0 Å². The number of nitrogens with two attached hydrogens (primary N) is 1. The van der Waals surface area contributed by atoms with Gasteiger partial charge in [0.05, 0.1) is 12.6 Å². The molecule has 0 spiro atoms. The molecule has 0 fully saturated rings. The topological polar surface area (TPSA) is 86.0 Å². The van der Waals surface area contributed by atoms with Gasteiger partial charge in [-0.05, 0) is 59.4 Å². The van der Waals surface area contributed by atoms with Crippen molar-refractivity contribution in [2.75, 3.05) is 19.1 Å². The predicted octanol–water partition coefficient (Wildman–Crippen LogP) is 4.28. The Bertz CT molecular complexity index is 1190. The van der Waals surface area contributed by atoms with E-state index in [0.29, 0.717) is 23.6 Å². The lowest BCUT2D eigenvalue weighted by molar-refractivity contribution is 0.174. The van der Waals surface area contributed by atoms with Gasteiger partial charge in [-0.2, -0.15) is 0 Å². The van der Waals surface area contributed by atoms with Crippen LogP contribution in [0.5, 0.6) is 17.2 Å². The largest absolute Gasteiger partial charge is 0.488 e.